The Hall–Kier alpha value is -2.56. The summed E-state index contributed by atoms with van der Waals surface area (Å²) in [5.41, 5.74) is 2.07. The van der Waals surface area contributed by atoms with E-state index in [0.717, 1.165) is 11.4 Å². The van der Waals surface area contributed by atoms with Crippen molar-refractivity contribution in [3.8, 4) is 5.75 Å². The monoisotopic (exact) mass is 466 g/mol. The highest BCUT2D eigenvalue weighted by atomic mass is 79.9. The molecule has 0 radical (unpaired) electrons. The van der Waals surface area contributed by atoms with Crippen LogP contribution in [0.3, 0.4) is 0 Å². The van der Waals surface area contributed by atoms with Crippen molar-refractivity contribution in [3.63, 3.8) is 0 Å². The van der Waals surface area contributed by atoms with E-state index in [4.69, 9.17) is 17.0 Å². The van der Waals surface area contributed by atoms with Crippen LogP contribution in [0.5, 0.6) is 5.75 Å². The van der Waals surface area contributed by atoms with Gasteiger partial charge in [0, 0.05) is 23.2 Å². The molecule has 0 aliphatic heterocycles. The third-order valence-corrected chi connectivity index (χ3v) is 4.51. The highest BCUT2D eigenvalue weighted by molar-refractivity contribution is 9.09. The van der Waals surface area contributed by atoms with Gasteiger partial charge in [-0.1, -0.05) is 15.9 Å². The van der Waals surface area contributed by atoms with E-state index in [1.807, 2.05) is 12.1 Å². The topological polar surface area (TPSA) is 100 Å². The van der Waals surface area contributed by atoms with Gasteiger partial charge in [-0.25, -0.2) is 5.01 Å². The van der Waals surface area contributed by atoms with Crippen LogP contribution in [-0.2, 0) is 0 Å². The number of anilines is 1. The van der Waals surface area contributed by atoms with Gasteiger partial charge in [0.1, 0.15) is 5.75 Å². The Bertz CT molecular complexity index is 844. The fourth-order valence-electron chi connectivity index (χ4n) is 2.24. The van der Waals surface area contributed by atoms with Crippen LogP contribution in [0.2, 0.25) is 0 Å². The van der Waals surface area contributed by atoms with Crippen molar-refractivity contribution >= 4 is 50.3 Å². The number of thiocarbonyl (C=S) groups is 1. The molecule has 0 unspecified atom stereocenters. The second kappa shape index (κ2) is 10.7. The Morgan fingerprint density at radius 1 is 1.29 bits per heavy atom. The SMILES string of the molecule is COc1ccc(NC(=S)N(CCO)/N=C(\CBr)c2ccc([N+](=O)[O-])cc2)cc1. The van der Waals surface area contributed by atoms with Gasteiger partial charge in [0.05, 0.1) is 30.9 Å². The molecule has 10 heteroatoms. The molecule has 2 aromatic carbocycles. The van der Waals surface area contributed by atoms with Gasteiger partial charge in [-0.15, -0.1) is 0 Å². The molecular weight excluding hydrogens is 448 g/mol. The maximum Gasteiger partial charge on any atom is 0.269 e. The van der Waals surface area contributed by atoms with E-state index in [1.165, 1.54) is 17.1 Å². The third-order valence-electron chi connectivity index (χ3n) is 3.67. The van der Waals surface area contributed by atoms with E-state index in [0.29, 0.717) is 21.7 Å². The first-order chi connectivity index (χ1) is 13.5. The summed E-state index contributed by atoms with van der Waals surface area (Å²) in [6.45, 7) is 0.0369. The molecule has 28 heavy (non-hydrogen) atoms. The van der Waals surface area contributed by atoms with Crippen LogP contribution >= 0.6 is 28.1 Å². The number of alkyl halides is 1. The number of non-ortho nitro benzene ring substituents is 1. The number of aliphatic hydroxyl groups is 1. The van der Waals surface area contributed by atoms with Crippen molar-refractivity contribution in [1.82, 2.24) is 5.01 Å². The van der Waals surface area contributed by atoms with Gasteiger partial charge in [0.2, 0.25) is 0 Å². The molecule has 0 aromatic heterocycles. The number of hydrogen-bond donors (Lipinski definition) is 2. The van der Waals surface area contributed by atoms with E-state index in [-0.39, 0.29) is 18.8 Å². The molecule has 0 saturated heterocycles. The summed E-state index contributed by atoms with van der Waals surface area (Å²) in [4.78, 5) is 10.4. The molecule has 0 fully saturated rings. The lowest BCUT2D eigenvalue weighted by Crippen LogP contribution is -2.34. The van der Waals surface area contributed by atoms with Crippen LogP contribution in [0.1, 0.15) is 5.56 Å². The second-order valence-corrected chi connectivity index (χ2v) is 6.44. The summed E-state index contributed by atoms with van der Waals surface area (Å²) >= 11 is 8.80. The molecule has 0 heterocycles. The van der Waals surface area contributed by atoms with Crippen LogP contribution in [0.25, 0.3) is 0 Å². The minimum absolute atomic E-state index is 0.00146. The van der Waals surface area contributed by atoms with E-state index >= 15 is 0 Å². The highest BCUT2D eigenvalue weighted by Gasteiger charge is 2.13. The summed E-state index contributed by atoms with van der Waals surface area (Å²) in [7, 11) is 1.59. The fourth-order valence-corrected chi connectivity index (χ4v) is 2.92. The van der Waals surface area contributed by atoms with Gasteiger partial charge in [-0.3, -0.25) is 10.1 Å². The molecule has 2 N–H and O–H groups in total. The molecule has 0 aliphatic carbocycles. The lowest BCUT2D eigenvalue weighted by atomic mass is 10.1. The summed E-state index contributed by atoms with van der Waals surface area (Å²) in [6, 6.07) is 13.3. The van der Waals surface area contributed by atoms with Crippen LogP contribution in [0.4, 0.5) is 11.4 Å². The Balaban J connectivity index is 2.21. The largest absolute Gasteiger partial charge is 0.497 e. The van der Waals surface area contributed by atoms with Gasteiger partial charge in [0.25, 0.3) is 5.69 Å². The van der Waals surface area contributed by atoms with Crippen LogP contribution in [0.15, 0.2) is 53.6 Å². The van der Waals surface area contributed by atoms with Gasteiger partial charge < -0.3 is 15.2 Å². The number of aliphatic hydroxyl groups excluding tert-OH is 1. The van der Waals surface area contributed by atoms with Gasteiger partial charge in [-0.05, 0) is 54.2 Å². The molecule has 148 valence electrons. The maximum atomic E-state index is 10.8. The normalized spacial score (nSPS) is 11.0. The molecular formula is C18H19BrN4O4S. The highest BCUT2D eigenvalue weighted by Crippen LogP contribution is 2.17. The Kier molecular flexibility index (Phi) is 8.30. The lowest BCUT2D eigenvalue weighted by Gasteiger charge is -2.21. The molecule has 0 amide bonds. The van der Waals surface area contributed by atoms with Crippen LogP contribution in [0, 0.1) is 10.1 Å². The van der Waals surface area contributed by atoms with Crippen LogP contribution < -0.4 is 10.1 Å². The van der Waals surface area contributed by atoms with Crippen molar-refractivity contribution in [3.05, 3.63) is 64.2 Å². The van der Waals surface area contributed by atoms with Gasteiger partial charge >= 0.3 is 0 Å². The molecule has 0 atom stereocenters. The minimum Gasteiger partial charge on any atom is -0.497 e. The second-order valence-electron chi connectivity index (χ2n) is 5.49. The number of nitrogens with zero attached hydrogens (tertiary/aromatic N) is 3. The van der Waals surface area contributed by atoms with Gasteiger partial charge in [-0.2, -0.15) is 5.10 Å². The number of hydrazone groups is 1. The number of halogens is 1. The van der Waals surface area contributed by atoms with Crippen LogP contribution in [-0.4, -0.2) is 51.5 Å². The number of ether oxygens (including phenoxy) is 1. The maximum absolute atomic E-state index is 10.8. The molecule has 2 rings (SSSR count). The average molecular weight is 467 g/mol. The summed E-state index contributed by atoms with van der Waals surface area (Å²) in [5, 5.41) is 29.9. The fraction of sp³-hybridized carbons (Fsp3) is 0.222. The number of nitro benzene ring substituents is 1. The number of nitro groups is 1. The van der Waals surface area contributed by atoms with E-state index in [9.17, 15) is 15.2 Å². The Labute approximate surface area is 176 Å². The molecule has 8 nitrogen and oxygen atoms in total. The first kappa shape index (κ1) is 21.7. The van der Waals surface area contributed by atoms with Crippen molar-refractivity contribution in [2.24, 2.45) is 5.10 Å². The number of methoxy groups -OCH3 is 1. The zero-order chi connectivity index (χ0) is 20.5. The first-order valence-electron chi connectivity index (χ1n) is 8.20. The minimum atomic E-state index is -0.458. The van der Waals surface area contributed by atoms with Gasteiger partial charge in [0.15, 0.2) is 5.11 Å². The predicted octanol–water partition coefficient (Wildman–Crippen LogP) is 3.39. The zero-order valence-corrected chi connectivity index (χ0v) is 17.4. The Morgan fingerprint density at radius 3 is 2.43 bits per heavy atom. The molecule has 0 spiro atoms. The predicted molar refractivity (Wildman–Crippen MR) is 116 cm³/mol. The van der Waals surface area contributed by atoms with E-state index in [1.54, 1.807) is 31.4 Å². The molecule has 0 bridgehead atoms. The molecule has 0 aliphatic rings. The number of hydrogen-bond acceptors (Lipinski definition) is 6. The number of benzene rings is 2. The van der Waals surface area contributed by atoms with E-state index < -0.39 is 4.92 Å². The molecule has 0 saturated carbocycles. The summed E-state index contributed by atoms with van der Waals surface area (Å²) in [5.74, 6) is 0.724. The number of rotatable bonds is 8. The zero-order valence-electron chi connectivity index (χ0n) is 15.0. The van der Waals surface area contributed by atoms with Crippen molar-refractivity contribution < 1.29 is 14.8 Å². The summed E-state index contributed by atoms with van der Waals surface area (Å²) < 4.78 is 5.13. The quantitative estimate of drug-likeness (QED) is 0.202. The number of nitrogens with one attached hydrogen (secondary N) is 1. The smallest absolute Gasteiger partial charge is 0.269 e. The van der Waals surface area contributed by atoms with Crippen molar-refractivity contribution in [2.45, 2.75) is 0 Å². The standard InChI is InChI=1S/C18H19BrN4O4S/c1-27-16-8-4-14(5-9-16)20-18(28)22(10-11-24)21-17(12-19)13-2-6-15(7-3-13)23(25)26/h2-9,24H,10-12H2,1H3,(H,20,28)/b21-17+. The van der Waals surface area contributed by atoms with Crippen molar-refractivity contribution in [2.75, 3.05) is 30.9 Å². The third kappa shape index (κ3) is 5.98. The Morgan fingerprint density at radius 2 is 1.93 bits per heavy atom. The molecule has 2 aromatic rings. The van der Waals surface area contributed by atoms with E-state index in [2.05, 4.69) is 26.3 Å². The van der Waals surface area contributed by atoms with Crippen molar-refractivity contribution in [1.29, 1.82) is 0 Å². The lowest BCUT2D eigenvalue weighted by molar-refractivity contribution is -0.384. The average Bonchev–Trinajstić information content (AvgIpc) is 2.71. The summed E-state index contributed by atoms with van der Waals surface area (Å²) in [6.07, 6.45) is 0. The first-order valence-corrected chi connectivity index (χ1v) is 9.73.